The van der Waals surface area contributed by atoms with E-state index in [1.54, 1.807) is 23.1 Å². The Labute approximate surface area is 114 Å². The van der Waals surface area contributed by atoms with E-state index < -0.39 is 0 Å². The number of hydrogen-bond acceptors (Lipinski definition) is 3. The molecule has 0 aliphatic heterocycles. The first-order valence-electron chi connectivity index (χ1n) is 5.66. The van der Waals surface area contributed by atoms with Crippen molar-refractivity contribution in [2.24, 2.45) is 0 Å². The van der Waals surface area contributed by atoms with Crippen LogP contribution in [0.2, 0.25) is 0 Å². The molecule has 3 aromatic heterocycles. The molecule has 0 aliphatic rings. The molecule has 0 radical (unpaired) electrons. The molecule has 0 amide bonds. The molecule has 0 N–H and O–H groups in total. The van der Waals surface area contributed by atoms with Gasteiger partial charge in [-0.05, 0) is 42.6 Å². The smallest absolute Gasteiger partial charge is 0.137 e. The van der Waals surface area contributed by atoms with Crippen molar-refractivity contribution in [3.63, 3.8) is 0 Å². The van der Waals surface area contributed by atoms with Gasteiger partial charge in [0, 0.05) is 11.9 Å². The van der Waals surface area contributed by atoms with Crippen molar-refractivity contribution in [1.29, 1.82) is 0 Å². The third kappa shape index (κ3) is 2.21. The van der Waals surface area contributed by atoms with Crippen molar-refractivity contribution in [2.45, 2.75) is 16.2 Å². The lowest BCUT2D eigenvalue weighted by molar-refractivity contribution is 0.876. The van der Waals surface area contributed by atoms with E-state index in [0.717, 1.165) is 5.82 Å². The normalized spacial score (nSPS) is 10.7. The first kappa shape index (κ1) is 11.6. The minimum atomic E-state index is 0.971. The molecule has 2 nitrogen and oxygen atoms in total. The van der Waals surface area contributed by atoms with Crippen LogP contribution in [0.1, 0.15) is 5.69 Å². The van der Waals surface area contributed by atoms with E-state index in [2.05, 4.69) is 46.1 Å². The van der Waals surface area contributed by atoms with Gasteiger partial charge < -0.3 is 0 Å². The van der Waals surface area contributed by atoms with Gasteiger partial charge >= 0.3 is 0 Å². The molecule has 0 bridgehead atoms. The van der Waals surface area contributed by atoms with Crippen molar-refractivity contribution in [2.75, 3.05) is 0 Å². The maximum absolute atomic E-state index is 4.43. The molecule has 0 spiro atoms. The monoisotopic (exact) mass is 272 g/mol. The minimum absolute atomic E-state index is 0.971. The highest BCUT2D eigenvalue weighted by Gasteiger charge is 2.09. The summed E-state index contributed by atoms with van der Waals surface area (Å²) in [6.07, 6.45) is 1.83. The number of hydrogen-bond donors (Lipinski definition) is 0. The molecule has 18 heavy (non-hydrogen) atoms. The second-order valence-corrected chi connectivity index (χ2v) is 6.14. The SMILES string of the molecule is Cc1ccc(Sc2cccs2)n1-c1ccccn1. The lowest BCUT2D eigenvalue weighted by atomic mass is 10.4. The van der Waals surface area contributed by atoms with Crippen molar-refractivity contribution in [3.05, 3.63) is 59.7 Å². The molecule has 3 rings (SSSR count). The molecule has 0 saturated heterocycles. The molecule has 0 saturated carbocycles. The van der Waals surface area contributed by atoms with Gasteiger partial charge in [-0.25, -0.2) is 4.98 Å². The highest BCUT2D eigenvalue weighted by molar-refractivity contribution is 8.01. The summed E-state index contributed by atoms with van der Waals surface area (Å²) in [4.78, 5) is 4.43. The molecular formula is C14H12N2S2. The molecule has 90 valence electrons. The predicted molar refractivity (Wildman–Crippen MR) is 76.7 cm³/mol. The van der Waals surface area contributed by atoms with E-state index in [-0.39, 0.29) is 0 Å². The van der Waals surface area contributed by atoms with Crippen molar-refractivity contribution >= 4 is 23.1 Å². The number of aryl methyl sites for hydroxylation is 1. The van der Waals surface area contributed by atoms with Crippen molar-refractivity contribution < 1.29 is 0 Å². The zero-order valence-corrected chi connectivity index (χ0v) is 11.5. The van der Waals surface area contributed by atoms with E-state index in [0.29, 0.717) is 0 Å². The second-order valence-electron chi connectivity index (χ2n) is 3.87. The Morgan fingerprint density at radius 2 is 2.06 bits per heavy atom. The summed E-state index contributed by atoms with van der Waals surface area (Å²) in [6, 6.07) is 14.5. The van der Waals surface area contributed by atoms with E-state index in [9.17, 15) is 0 Å². The fourth-order valence-electron chi connectivity index (χ4n) is 1.80. The average molecular weight is 272 g/mol. The van der Waals surface area contributed by atoms with Crippen LogP contribution < -0.4 is 0 Å². The fourth-order valence-corrected chi connectivity index (χ4v) is 3.68. The second kappa shape index (κ2) is 5.00. The van der Waals surface area contributed by atoms with E-state index in [1.807, 2.05) is 24.4 Å². The molecule has 3 aromatic rings. The van der Waals surface area contributed by atoms with Gasteiger partial charge in [0.05, 0.1) is 9.24 Å². The lowest BCUT2D eigenvalue weighted by Gasteiger charge is -2.09. The molecule has 0 atom stereocenters. The van der Waals surface area contributed by atoms with Gasteiger partial charge in [0.2, 0.25) is 0 Å². The quantitative estimate of drug-likeness (QED) is 0.703. The largest absolute Gasteiger partial charge is 0.293 e. The van der Waals surface area contributed by atoms with Gasteiger partial charge in [-0.1, -0.05) is 23.9 Å². The van der Waals surface area contributed by atoms with Gasteiger partial charge in [0.15, 0.2) is 0 Å². The number of rotatable bonds is 3. The van der Waals surface area contributed by atoms with Crippen LogP contribution in [0.5, 0.6) is 0 Å². The van der Waals surface area contributed by atoms with Crippen LogP contribution in [0.25, 0.3) is 5.82 Å². The van der Waals surface area contributed by atoms with E-state index in [4.69, 9.17) is 0 Å². The topological polar surface area (TPSA) is 17.8 Å². The molecule has 0 unspecified atom stereocenters. The molecule has 0 aromatic carbocycles. The van der Waals surface area contributed by atoms with Crippen molar-refractivity contribution in [1.82, 2.24) is 9.55 Å². The zero-order chi connectivity index (χ0) is 12.4. The van der Waals surface area contributed by atoms with Gasteiger partial charge in [-0.2, -0.15) is 0 Å². The Bertz CT molecular complexity index is 627. The minimum Gasteiger partial charge on any atom is -0.293 e. The first-order chi connectivity index (χ1) is 8.84. The van der Waals surface area contributed by atoms with Crippen LogP contribution >= 0.6 is 23.1 Å². The Morgan fingerprint density at radius 1 is 1.11 bits per heavy atom. The number of nitrogens with zero attached hydrogens (tertiary/aromatic N) is 2. The third-order valence-corrected chi connectivity index (χ3v) is 4.68. The van der Waals surface area contributed by atoms with E-state index in [1.165, 1.54) is 14.9 Å². The summed E-state index contributed by atoms with van der Waals surface area (Å²) in [5.41, 5.74) is 1.20. The first-order valence-corrected chi connectivity index (χ1v) is 7.35. The Kier molecular flexibility index (Phi) is 3.21. The third-order valence-electron chi connectivity index (χ3n) is 2.62. The van der Waals surface area contributed by atoms with E-state index >= 15 is 0 Å². The average Bonchev–Trinajstić information content (AvgIpc) is 3.02. The van der Waals surface area contributed by atoms with Crippen LogP contribution in [-0.4, -0.2) is 9.55 Å². The zero-order valence-electron chi connectivity index (χ0n) is 9.91. The van der Waals surface area contributed by atoms with Crippen LogP contribution in [-0.2, 0) is 0 Å². The highest BCUT2D eigenvalue weighted by Crippen LogP contribution is 2.33. The number of aromatic nitrogens is 2. The predicted octanol–water partition coefficient (Wildman–Crippen LogP) is 4.39. The summed E-state index contributed by atoms with van der Waals surface area (Å²) in [5, 5.41) is 3.30. The Hall–Kier alpha value is -1.52. The molecule has 0 aliphatic carbocycles. The summed E-state index contributed by atoms with van der Waals surface area (Å²) in [5.74, 6) is 0.971. The van der Waals surface area contributed by atoms with Gasteiger partial charge in [0.25, 0.3) is 0 Å². The summed E-state index contributed by atoms with van der Waals surface area (Å²) >= 11 is 3.54. The number of pyridine rings is 1. The standard InChI is InChI=1S/C14H12N2S2/c1-11-7-8-13(18-14-6-4-10-17-14)16(11)12-5-2-3-9-15-12/h2-10H,1H3. The molecule has 0 fully saturated rings. The lowest BCUT2D eigenvalue weighted by Crippen LogP contribution is -1.99. The maximum Gasteiger partial charge on any atom is 0.137 e. The van der Waals surface area contributed by atoms with Crippen LogP contribution in [0.3, 0.4) is 0 Å². The molecule has 4 heteroatoms. The Morgan fingerprint density at radius 3 is 2.78 bits per heavy atom. The highest BCUT2D eigenvalue weighted by atomic mass is 32.2. The maximum atomic E-state index is 4.43. The molecule has 3 heterocycles. The Balaban J connectivity index is 2.02. The van der Waals surface area contributed by atoms with Gasteiger partial charge in [-0.3, -0.25) is 4.57 Å². The van der Waals surface area contributed by atoms with Crippen molar-refractivity contribution in [3.8, 4) is 5.82 Å². The van der Waals surface area contributed by atoms with Crippen LogP contribution in [0.15, 0.2) is 63.3 Å². The van der Waals surface area contributed by atoms with Crippen LogP contribution in [0, 0.1) is 6.92 Å². The van der Waals surface area contributed by atoms with Crippen LogP contribution in [0.4, 0.5) is 0 Å². The summed E-state index contributed by atoms with van der Waals surface area (Å²) in [6.45, 7) is 2.10. The summed E-state index contributed by atoms with van der Waals surface area (Å²) in [7, 11) is 0. The fraction of sp³-hybridized carbons (Fsp3) is 0.0714. The van der Waals surface area contributed by atoms with Gasteiger partial charge in [0.1, 0.15) is 5.82 Å². The molecular weight excluding hydrogens is 260 g/mol. The summed E-state index contributed by atoms with van der Waals surface area (Å²) < 4.78 is 3.48. The van der Waals surface area contributed by atoms with Gasteiger partial charge in [-0.15, -0.1) is 11.3 Å². The number of thiophene rings is 1.